The molecule has 0 atom stereocenters. The number of hydrogen-bond donors (Lipinski definition) is 2. The third kappa shape index (κ3) is 4.05. The van der Waals surface area contributed by atoms with Gasteiger partial charge < -0.3 is 11.5 Å². The number of rotatable bonds is 2. The Morgan fingerprint density at radius 3 is 2.39 bits per heavy atom. The third-order valence-electron chi connectivity index (χ3n) is 7.45. The molecule has 184 valence electrons. The van der Waals surface area contributed by atoms with Crippen LogP contribution in [0.15, 0.2) is 80.5 Å². The summed E-state index contributed by atoms with van der Waals surface area (Å²) in [6.45, 7) is 4.44. The summed E-state index contributed by atoms with van der Waals surface area (Å²) in [6, 6.07) is 21.6. The summed E-state index contributed by atoms with van der Waals surface area (Å²) < 4.78 is 0. The van der Waals surface area contributed by atoms with E-state index in [4.69, 9.17) is 21.5 Å². The van der Waals surface area contributed by atoms with Crippen LogP contribution in [0.2, 0.25) is 0 Å². The Bertz CT molecular complexity index is 1410. The standard InChI is InChI=1S/C29H32N6S/c1-28(2)18-24-22-9-5-4-8-19(22)10-15-23(24)25(33-28)36-21-13-11-20(12-14-21)35-27(31)32-26(30)34-29(35)16-6-3-7-17-29/h4-5,8-15H,3,6-7,16-18H2,1-2H3,(H4,30,31,32,34). The number of nitrogens with zero attached hydrogens (tertiary/aromatic N) is 4. The number of fused-ring (bicyclic) bond motifs is 3. The van der Waals surface area contributed by atoms with Crippen molar-refractivity contribution in [2.24, 2.45) is 26.4 Å². The largest absolute Gasteiger partial charge is 0.369 e. The van der Waals surface area contributed by atoms with Gasteiger partial charge in [-0.3, -0.25) is 9.89 Å². The third-order valence-corrected chi connectivity index (χ3v) is 8.46. The molecule has 2 aliphatic heterocycles. The minimum Gasteiger partial charge on any atom is -0.369 e. The lowest BCUT2D eigenvalue weighted by atomic mass is 9.86. The van der Waals surface area contributed by atoms with E-state index in [1.54, 1.807) is 11.8 Å². The van der Waals surface area contributed by atoms with Gasteiger partial charge in [-0.05, 0) is 86.6 Å². The van der Waals surface area contributed by atoms with Crippen LogP contribution in [0.3, 0.4) is 0 Å². The second kappa shape index (κ2) is 8.66. The number of aliphatic imine (C=N–C) groups is 3. The summed E-state index contributed by atoms with van der Waals surface area (Å²) >= 11 is 1.72. The smallest absolute Gasteiger partial charge is 0.220 e. The van der Waals surface area contributed by atoms with Gasteiger partial charge in [0.1, 0.15) is 10.7 Å². The zero-order valence-corrected chi connectivity index (χ0v) is 21.7. The summed E-state index contributed by atoms with van der Waals surface area (Å²) in [5, 5.41) is 3.67. The molecule has 0 bridgehead atoms. The highest BCUT2D eigenvalue weighted by molar-refractivity contribution is 8.14. The summed E-state index contributed by atoms with van der Waals surface area (Å²) in [5.41, 5.74) is 15.5. The van der Waals surface area contributed by atoms with Gasteiger partial charge >= 0.3 is 0 Å². The highest BCUT2D eigenvalue weighted by Gasteiger charge is 2.42. The van der Waals surface area contributed by atoms with Crippen molar-refractivity contribution in [3.05, 3.63) is 71.8 Å². The van der Waals surface area contributed by atoms with Crippen molar-refractivity contribution >= 4 is 45.2 Å². The van der Waals surface area contributed by atoms with Crippen LogP contribution in [0.25, 0.3) is 10.8 Å². The number of benzene rings is 3. The first-order valence-corrected chi connectivity index (χ1v) is 13.5. The first-order valence-electron chi connectivity index (χ1n) is 12.7. The Hall–Kier alpha value is -3.32. The van der Waals surface area contributed by atoms with Crippen molar-refractivity contribution in [2.45, 2.75) is 68.5 Å². The van der Waals surface area contributed by atoms with Gasteiger partial charge in [-0.25, -0.2) is 4.99 Å². The lowest BCUT2D eigenvalue weighted by Crippen LogP contribution is -2.58. The fraction of sp³-hybridized carbons (Fsp3) is 0.345. The number of hydrogen-bond acceptors (Lipinski definition) is 7. The van der Waals surface area contributed by atoms with E-state index in [1.807, 2.05) is 0 Å². The molecule has 1 saturated carbocycles. The normalized spacial score (nSPS) is 20.5. The average molecular weight is 497 g/mol. The van der Waals surface area contributed by atoms with Crippen LogP contribution in [0.1, 0.15) is 57.1 Å². The van der Waals surface area contributed by atoms with Gasteiger partial charge in [0, 0.05) is 16.1 Å². The van der Waals surface area contributed by atoms with Crippen molar-refractivity contribution in [1.82, 2.24) is 0 Å². The van der Waals surface area contributed by atoms with Crippen molar-refractivity contribution < 1.29 is 0 Å². The van der Waals surface area contributed by atoms with E-state index in [1.165, 1.54) is 28.3 Å². The SMILES string of the molecule is CC1(C)Cc2c(ccc3ccccc23)C(Sc2ccc(N3C(N)=NC(N)=NC34CCCCC4)cc2)=N1. The Labute approximate surface area is 216 Å². The highest BCUT2D eigenvalue weighted by Crippen LogP contribution is 2.41. The van der Waals surface area contributed by atoms with Gasteiger partial charge in [0.05, 0.1) is 5.54 Å². The van der Waals surface area contributed by atoms with Crippen LogP contribution < -0.4 is 16.4 Å². The molecular formula is C29H32N6S. The van der Waals surface area contributed by atoms with Crippen LogP contribution in [0.5, 0.6) is 0 Å². The van der Waals surface area contributed by atoms with Crippen LogP contribution in [0.4, 0.5) is 5.69 Å². The van der Waals surface area contributed by atoms with E-state index < -0.39 is 5.66 Å². The van der Waals surface area contributed by atoms with Gasteiger partial charge in [-0.2, -0.15) is 4.99 Å². The molecule has 0 radical (unpaired) electrons. The molecule has 1 fully saturated rings. The van der Waals surface area contributed by atoms with E-state index in [-0.39, 0.29) is 11.5 Å². The molecule has 36 heavy (non-hydrogen) atoms. The van der Waals surface area contributed by atoms with Crippen molar-refractivity contribution in [3.8, 4) is 0 Å². The van der Waals surface area contributed by atoms with Crippen molar-refractivity contribution in [1.29, 1.82) is 0 Å². The molecule has 0 saturated heterocycles. The molecular weight excluding hydrogens is 464 g/mol. The maximum absolute atomic E-state index is 6.41. The molecule has 0 unspecified atom stereocenters. The van der Waals surface area contributed by atoms with E-state index in [0.717, 1.165) is 47.7 Å². The minimum atomic E-state index is -0.430. The maximum Gasteiger partial charge on any atom is 0.220 e. The fourth-order valence-electron chi connectivity index (χ4n) is 5.88. The minimum absolute atomic E-state index is 0.149. The zero-order valence-electron chi connectivity index (χ0n) is 20.9. The Morgan fingerprint density at radius 2 is 1.61 bits per heavy atom. The fourth-order valence-corrected chi connectivity index (χ4v) is 6.97. The van der Waals surface area contributed by atoms with E-state index in [9.17, 15) is 0 Å². The molecule has 4 N–H and O–H groups in total. The van der Waals surface area contributed by atoms with Crippen LogP contribution in [-0.2, 0) is 6.42 Å². The van der Waals surface area contributed by atoms with Gasteiger partial charge in [0.15, 0.2) is 0 Å². The lowest BCUT2D eigenvalue weighted by Gasteiger charge is -2.45. The second-order valence-corrected chi connectivity index (χ2v) is 11.7. The van der Waals surface area contributed by atoms with Crippen molar-refractivity contribution in [2.75, 3.05) is 4.90 Å². The van der Waals surface area contributed by atoms with Crippen LogP contribution in [-0.4, -0.2) is 28.2 Å². The summed E-state index contributed by atoms with van der Waals surface area (Å²) in [4.78, 5) is 17.5. The van der Waals surface area contributed by atoms with E-state index in [2.05, 4.69) is 84.4 Å². The Balaban J connectivity index is 1.32. The Morgan fingerprint density at radius 1 is 0.861 bits per heavy atom. The topological polar surface area (TPSA) is 92.4 Å². The first-order chi connectivity index (χ1) is 17.3. The summed E-state index contributed by atoms with van der Waals surface area (Å²) in [6.07, 6.45) is 6.23. The molecule has 3 aromatic carbocycles. The van der Waals surface area contributed by atoms with E-state index >= 15 is 0 Å². The number of guanidine groups is 2. The first kappa shape index (κ1) is 23.1. The quantitative estimate of drug-likeness (QED) is 0.467. The molecule has 1 aliphatic carbocycles. The second-order valence-electron chi connectivity index (χ2n) is 10.6. The molecule has 3 aliphatic rings. The highest BCUT2D eigenvalue weighted by atomic mass is 32.2. The number of nitrogens with two attached hydrogens (primary N) is 2. The average Bonchev–Trinajstić information content (AvgIpc) is 2.84. The monoisotopic (exact) mass is 496 g/mol. The Kier molecular flexibility index (Phi) is 5.56. The molecule has 1 spiro atoms. The van der Waals surface area contributed by atoms with Crippen molar-refractivity contribution in [3.63, 3.8) is 0 Å². The number of anilines is 1. The zero-order chi connectivity index (χ0) is 24.9. The molecule has 6 nitrogen and oxygen atoms in total. The molecule has 0 amide bonds. The molecule has 3 aromatic rings. The summed E-state index contributed by atoms with van der Waals surface area (Å²) in [7, 11) is 0. The predicted molar refractivity (Wildman–Crippen MR) is 152 cm³/mol. The maximum atomic E-state index is 6.41. The molecule has 7 heteroatoms. The lowest BCUT2D eigenvalue weighted by molar-refractivity contribution is 0.305. The van der Waals surface area contributed by atoms with Gasteiger partial charge in [-0.1, -0.05) is 54.6 Å². The van der Waals surface area contributed by atoms with Gasteiger partial charge in [-0.15, -0.1) is 0 Å². The number of thioether (sulfide) groups is 1. The van der Waals surface area contributed by atoms with E-state index in [0.29, 0.717) is 5.96 Å². The van der Waals surface area contributed by atoms with Crippen LogP contribution in [0, 0.1) is 0 Å². The van der Waals surface area contributed by atoms with Crippen LogP contribution >= 0.6 is 11.8 Å². The van der Waals surface area contributed by atoms with Gasteiger partial charge in [0.25, 0.3) is 0 Å². The predicted octanol–water partition coefficient (Wildman–Crippen LogP) is 5.82. The molecule has 2 heterocycles. The molecule has 0 aromatic heterocycles. The summed E-state index contributed by atoms with van der Waals surface area (Å²) in [5.74, 6) is 0.700. The molecule has 6 rings (SSSR count). The van der Waals surface area contributed by atoms with Gasteiger partial charge in [0.2, 0.25) is 11.9 Å².